The molecule has 1 fully saturated rings. The number of carbonyl (C=O) groups excluding carboxylic acids is 2. The minimum atomic E-state index is -0.569. The molecule has 2 N–H and O–H groups in total. The second-order valence-corrected chi connectivity index (χ2v) is 5.17. The van der Waals surface area contributed by atoms with Gasteiger partial charge in [-0.1, -0.05) is 0 Å². The molecule has 17 heavy (non-hydrogen) atoms. The first-order valence-electron chi connectivity index (χ1n) is 6.22. The molecule has 0 aliphatic carbocycles. The van der Waals surface area contributed by atoms with Gasteiger partial charge in [0.25, 0.3) is 0 Å². The fourth-order valence-corrected chi connectivity index (χ4v) is 1.92. The third-order valence-electron chi connectivity index (χ3n) is 3.17. The maximum Gasteiger partial charge on any atom is 0.317 e. The van der Waals surface area contributed by atoms with Crippen LogP contribution in [0.25, 0.3) is 0 Å². The predicted molar refractivity (Wildman–Crippen MR) is 66.7 cm³/mol. The van der Waals surface area contributed by atoms with Crippen molar-refractivity contribution in [2.75, 3.05) is 26.7 Å². The minimum absolute atomic E-state index is 0.0540. The molecule has 1 heterocycles. The molecule has 0 radical (unpaired) electrons. The lowest BCUT2D eigenvalue weighted by atomic mass is 9.92. The van der Waals surface area contributed by atoms with Crippen molar-refractivity contribution in [2.45, 2.75) is 33.1 Å². The molecule has 0 aromatic heterocycles. The highest BCUT2D eigenvalue weighted by atomic mass is 16.2. The Bertz CT molecular complexity index is 283. The van der Waals surface area contributed by atoms with Crippen molar-refractivity contribution in [3.05, 3.63) is 0 Å². The number of likely N-dealkylation sites (tertiary alicyclic amines) is 1. The Morgan fingerprint density at radius 1 is 1.18 bits per heavy atom. The van der Waals surface area contributed by atoms with Gasteiger partial charge in [0.05, 0.1) is 5.41 Å². The molecule has 5 nitrogen and oxygen atoms in total. The van der Waals surface area contributed by atoms with Crippen molar-refractivity contribution in [1.82, 2.24) is 15.5 Å². The summed E-state index contributed by atoms with van der Waals surface area (Å²) in [5.41, 5.74) is -0.569. The van der Waals surface area contributed by atoms with Crippen molar-refractivity contribution in [2.24, 2.45) is 5.41 Å². The van der Waals surface area contributed by atoms with Gasteiger partial charge in [-0.3, -0.25) is 4.79 Å². The second kappa shape index (κ2) is 5.89. The number of nitrogens with zero attached hydrogens (tertiary/aromatic N) is 1. The van der Waals surface area contributed by atoms with Crippen molar-refractivity contribution < 1.29 is 9.59 Å². The number of hydrogen-bond donors (Lipinski definition) is 2. The summed E-state index contributed by atoms with van der Waals surface area (Å²) >= 11 is 0. The third-order valence-corrected chi connectivity index (χ3v) is 3.17. The molecule has 0 aromatic rings. The normalized spacial score (nSPS) is 16.5. The van der Waals surface area contributed by atoms with Crippen LogP contribution in [0.3, 0.4) is 0 Å². The average molecular weight is 241 g/mol. The van der Waals surface area contributed by atoms with Gasteiger partial charge >= 0.3 is 6.03 Å². The molecule has 0 unspecified atom stereocenters. The Hall–Kier alpha value is -1.26. The van der Waals surface area contributed by atoms with Crippen LogP contribution in [-0.4, -0.2) is 43.5 Å². The van der Waals surface area contributed by atoms with E-state index in [1.54, 1.807) is 7.05 Å². The van der Waals surface area contributed by atoms with E-state index in [9.17, 15) is 9.59 Å². The summed E-state index contributed by atoms with van der Waals surface area (Å²) in [5, 5.41) is 5.44. The Labute approximate surface area is 103 Å². The van der Waals surface area contributed by atoms with Gasteiger partial charge in [-0.2, -0.15) is 0 Å². The molecule has 0 atom stereocenters. The number of hydrogen-bond acceptors (Lipinski definition) is 2. The Morgan fingerprint density at radius 2 is 1.76 bits per heavy atom. The van der Waals surface area contributed by atoms with Crippen LogP contribution in [0.4, 0.5) is 4.79 Å². The molecule has 3 amide bonds. The van der Waals surface area contributed by atoms with Gasteiger partial charge in [-0.25, -0.2) is 4.79 Å². The largest absolute Gasteiger partial charge is 0.359 e. The topological polar surface area (TPSA) is 61.4 Å². The molecule has 0 saturated carbocycles. The number of carbonyl (C=O) groups is 2. The van der Waals surface area contributed by atoms with Crippen LogP contribution in [0.1, 0.15) is 33.1 Å². The highest BCUT2D eigenvalue weighted by molar-refractivity contribution is 5.83. The molecule has 98 valence electrons. The average Bonchev–Trinajstić information content (AvgIpc) is 2.36. The van der Waals surface area contributed by atoms with Crippen molar-refractivity contribution in [3.63, 3.8) is 0 Å². The van der Waals surface area contributed by atoms with Crippen LogP contribution in [0, 0.1) is 5.41 Å². The summed E-state index contributed by atoms with van der Waals surface area (Å²) < 4.78 is 0. The first-order chi connectivity index (χ1) is 7.97. The highest BCUT2D eigenvalue weighted by Gasteiger charge is 2.28. The zero-order valence-corrected chi connectivity index (χ0v) is 11.0. The van der Waals surface area contributed by atoms with Crippen LogP contribution in [-0.2, 0) is 4.79 Å². The smallest absolute Gasteiger partial charge is 0.317 e. The molecule has 5 heteroatoms. The van der Waals surface area contributed by atoms with Crippen LogP contribution >= 0.6 is 0 Å². The maximum absolute atomic E-state index is 11.8. The number of amides is 3. The van der Waals surface area contributed by atoms with Crippen molar-refractivity contribution >= 4 is 11.9 Å². The fourth-order valence-electron chi connectivity index (χ4n) is 1.92. The zero-order valence-electron chi connectivity index (χ0n) is 11.0. The zero-order chi connectivity index (χ0) is 12.9. The van der Waals surface area contributed by atoms with Gasteiger partial charge in [0, 0.05) is 26.7 Å². The molecule has 0 spiro atoms. The lowest BCUT2D eigenvalue weighted by Crippen LogP contribution is -2.48. The van der Waals surface area contributed by atoms with Gasteiger partial charge in [-0.15, -0.1) is 0 Å². The SMILES string of the molecule is CNC(=O)C(C)(C)CNC(=O)N1CCCCC1. The van der Waals surface area contributed by atoms with Gasteiger partial charge in [0.1, 0.15) is 0 Å². The molecule has 0 bridgehead atoms. The lowest BCUT2D eigenvalue weighted by molar-refractivity contribution is -0.128. The van der Waals surface area contributed by atoms with Crippen LogP contribution in [0.2, 0.25) is 0 Å². The van der Waals surface area contributed by atoms with Crippen LogP contribution < -0.4 is 10.6 Å². The summed E-state index contributed by atoms with van der Waals surface area (Å²) in [4.78, 5) is 25.2. The van der Waals surface area contributed by atoms with Crippen molar-refractivity contribution in [3.8, 4) is 0 Å². The maximum atomic E-state index is 11.8. The number of piperidine rings is 1. The number of urea groups is 1. The van der Waals surface area contributed by atoms with E-state index in [0.29, 0.717) is 6.54 Å². The standard InChI is InChI=1S/C12H23N3O2/c1-12(2,10(16)13-3)9-14-11(17)15-7-5-4-6-8-15/h4-9H2,1-3H3,(H,13,16)(H,14,17). The first kappa shape index (κ1) is 13.8. The molecular weight excluding hydrogens is 218 g/mol. The summed E-state index contributed by atoms with van der Waals surface area (Å²) in [5.74, 6) is -0.0588. The minimum Gasteiger partial charge on any atom is -0.359 e. The summed E-state index contributed by atoms with van der Waals surface area (Å²) in [6.07, 6.45) is 3.35. The number of nitrogens with one attached hydrogen (secondary N) is 2. The van der Waals surface area contributed by atoms with E-state index in [1.807, 2.05) is 18.7 Å². The Kier molecular flexibility index (Phi) is 4.78. The molecule has 0 aromatic carbocycles. The highest BCUT2D eigenvalue weighted by Crippen LogP contribution is 2.14. The second-order valence-electron chi connectivity index (χ2n) is 5.17. The molecule has 1 aliphatic rings. The monoisotopic (exact) mass is 241 g/mol. The summed E-state index contributed by atoms with van der Waals surface area (Å²) in [6, 6.07) is -0.0540. The molecule has 1 saturated heterocycles. The molecule has 1 rings (SSSR count). The van der Waals surface area contributed by atoms with E-state index in [1.165, 1.54) is 6.42 Å². The first-order valence-corrected chi connectivity index (χ1v) is 6.22. The van der Waals surface area contributed by atoms with Gasteiger partial charge < -0.3 is 15.5 Å². The quantitative estimate of drug-likeness (QED) is 0.773. The van der Waals surface area contributed by atoms with E-state index in [0.717, 1.165) is 25.9 Å². The van der Waals surface area contributed by atoms with Gasteiger partial charge in [-0.05, 0) is 33.1 Å². The van der Waals surface area contributed by atoms with E-state index >= 15 is 0 Å². The van der Waals surface area contributed by atoms with E-state index in [4.69, 9.17) is 0 Å². The van der Waals surface area contributed by atoms with Crippen LogP contribution in [0.5, 0.6) is 0 Å². The predicted octanol–water partition coefficient (Wildman–Crippen LogP) is 0.954. The number of rotatable bonds is 3. The summed E-state index contributed by atoms with van der Waals surface area (Å²) in [7, 11) is 1.61. The Balaban J connectivity index is 2.39. The van der Waals surface area contributed by atoms with E-state index in [-0.39, 0.29) is 11.9 Å². The van der Waals surface area contributed by atoms with Crippen LogP contribution in [0.15, 0.2) is 0 Å². The van der Waals surface area contributed by atoms with Gasteiger partial charge in [0.15, 0.2) is 0 Å². The van der Waals surface area contributed by atoms with Crippen molar-refractivity contribution in [1.29, 1.82) is 0 Å². The lowest BCUT2D eigenvalue weighted by Gasteiger charge is -2.29. The molecule has 1 aliphatic heterocycles. The molecular formula is C12H23N3O2. The van der Waals surface area contributed by atoms with E-state index in [2.05, 4.69) is 10.6 Å². The summed E-state index contributed by atoms with van der Waals surface area (Å²) in [6.45, 7) is 5.66. The third kappa shape index (κ3) is 3.91. The Morgan fingerprint density at radius 3 is 2.29 bits per heavy atom. The van der Waals surface area contributed by atoms with Gasteiger partial charge in [0.2, 0.25) is 5.91 Å². The fraction of sp³-hybridized carbons (Fsp3) is 0.833. The van der Waals surface area contributed by atoms with E-state index < -0.39 is 5.41 Å².